The summed E-state index contributed by atoms with van der Waals surface area (Å²) in [6.45, 7) is 0.506. The Bertz CT molecular complexity index is 1110. The summed E-state index contributed by atoms with van der Waals surface area (Å²) in [5.74, 6) is -0.953. The minimum Gasteiger partial charge on any atom is -0.336 e. The predicted octanol–water partition coefficient (Wildman–Crippen LogP) is 4.40. The zero-order valence-corrected chi connectivity index (χ0v) is 18.1. The minimum atomic E-state index is -0.716. The highest BCUT2D eigenvalue weighted by atomic mass is 32.1. The van der Waals surface area contributed by atoms with Gasteiger partial charge < -0.3 is 10.2 Å². The molecule has 162 valence electrons. The van der Waals surface area contributed by atoms with Gasteiger partial charge in [0.25, 0.3) is 5.91 Å². The summed E-state index contributed by atoms with van der Waals surface area (Å²) in [5, 5.41) is 3.12. The Hall–Kier alpha value is -3.58. The quantitative estimate of drug-likeness (QED) is 0.546. The molecule has 4 rings (SSSR count). The molecule has 1 fully saturated rings. The van der Waals surface area contributed by atoms with Crippen LogP contribution in [-0.2, 0) is 16.0 Å². The van der Waals surface area contributed by atoms with Gasteiger partial charge in [0, 0.05) is 12.2 Å². The molecule has 0 bridgehead atoms. The van der Waals surface area contributed by atoms with E-state index in [1.165, 1.54) is 29.2 Å². The third kappa shape index (κ3) is 4.84. The van der Waals surface area contributed by atoms with Crippen molar-refractivity contribution in [1.29, 1.82) is 0 Å². The summed E-state index contributed by atoms with van der Waals surface area (Å²) >= 11 is 5.67. The van der Waals surface area contributed by atoms with Crippen molar-refractivity contribution in [1.82, 2.24) is 4.90 Å². The summed E-state index contributed by atoms with van der Waals surface area (Å²) in [4.78, 5) is 29.4. The Balaban J connectivity index is 1.54. The molecule has 1 saturated heterocycles. The maximum Gasteiger partial charge on any atom is 0.256 e. The lowest BCUT2D eigenvalue weighted by Crippen LogP contribution is -2.39. The molecule has 5 nitrogen and oxygen atoms in total. The van der Waals surface area contributed by atoms with Gasteiger partial charge in [-0.05, 0) is 60.6 Å². The van der Waals surface area contributed by atoms with E-state index in [0.717, 1.165) is 5.56 Å². The number of anilines is 2. The van der Waals surface area contributed by atoms with Crippen molar-refractivity contribution < 1.29 is 14.0 Å². The number of halogens is 1. The van der Waals surface area contributed by atoms with Crippen LogP contribution in [0.1, 0.15) is 12.0 Å². The van der Waals surface area contributed by atoms with Crippen molar-refractivity contribution in [3.05, 3.63) is 96.3 Å². The van der Waals surface area contributed by atoms with E-state index in [4.69, 9.17) is 12.2 Å². The van der Waals surface area contributed by atoms with E-state index in [9.17, 15) is 14.0 Å². The van der Waals surface area contributed by atoms with Gasteiger partial charge in [-0.15, -0.1) is 0 Å². The predicted molar refractivity (Wildman–Crippen MR) is 127 cm³/mol. The number of hydrogen-bond donors (Lipinski definition) is 1. The summed E-state index contributed by atoms with van der Waals surface area (Å²) in [6.07, 6.45) is 0.626. The maximum absolute atomic E-state index is 13.3. The molecular weight excluding hydrogens is 425 g/mol. The number of carbonyl (C=O) groups excluding carboxylic acids is 2. The molecule has 0 radical (unpaired) electrons. The van der Waals surface area contributed by atoms with Gasteiger partial charge in [0.15, 0.2) is 5.11 Å². The Morgan fingerprint density at radius 3 is 2.22 bits per heavy atom. The highest BCUT2D eigenvalue weighted by molar-refractivity contribution is 7.80. The van der Waals surface area contributed by atoms with E-state index in [1.807, 2.05) is 65.6 Å². The van der Waals surface area contributed by atoms with Crippen molar-refractivity contribution in [2.45, 2.75) is 18.9 Å². The fraction of sp³-hybridized carbons (Fsp3) is 0.160. The van der Waals surface area contributed by atoms with Crippen LogP contribution in [0.4, 0.5) is 15.8 Å². The molecule has 1 aliphatic heterocycles. The van der Waals surface area contributed by atoms with Crippen LogP contribution in [0.5, 0.6) is 0 Å². The molecule has 1 aliphatic rings. The fourth-order valence-electron chi connectivity index (χ4n) is 3.72. The van der Waals surface area contributed by atoms with E-state index in [2.05, 4.69) is 5.32 Å². The van der Waals surface area contributed by atoms with E-state index >= 15 is 0 Å². The van der Waals surface area contributed by atoms with Gasteiger partial charge in [-0.3, -0.25) is 14.5 Å². The zero-order chi connectivity index (χ0) is 22.5. The highest BCUT2D eigenvalue weighted by Gasteiger charge is 2.43. The van der Waals surface area contributed by atoms with Gasteiger partial charge in [-0.1, -0.05) is 48.5 Å². The number of rotatable bonds is 7. The van der Waals surface area contributed by atoms with Gasteiger partial charge >= 0.3 is 0 Å². The number of benzene rings is 3. The topological polar surface area (TPSA) is 52.7 Å². The van der Waals surface area contributed by atoms with Crippen molar-refractivity contribution in [3.63, 3.8) is 0 Å². The van der Waals surface area contributed by atoms with Crippen LogP contribution in [0.15, 0.2) is 84.9 Å². The summed E-state index contributed by atoms with van der Waals surface area (Å²) in [7, 11) is 0. The lowest BCUT2D eigenvalue weighted by Gasteiger charge is -2.24. The van der Waals surface area contributed by atoms with E-state index in [-0.39, 0.29) is 24.1 Å². The first-order valence-corrected chi connectivity index (χ1v) is 10.7. The molecule has 1 atom stereocenters. The molecule has 0 aromatic heterocycles. The molecule has 0 unspecified atom stereocenters. The van der Waals surface area contributed by atoms with Crippen LogP contribution in [0, 0.1) is 5.82 Å². The first-order chi connectivity index (χ1) is 15.5. The molecule has 3 aromatic carbocycles. The van der Waals surface area contributed by atoms with Crippen molar-refractivity contribution >= 4 is 40.5 Å². The van der Waals surface area contributed by atoms with Crippen molar-refractivity contribution in [2.75, 3.05) is 16.8 Å². The fourth-order valence-corrected chi connectivity index (χ4v) is 4.13. The van der Waals surface area contributed by atoms with Crippen molar-refractivity contribution in [3.8, 4) is 0 Å². The first-order valence-electron chi connectivity index (χ1n) is 10.3. The van der Waals surface area contributed by atoms with Gasteiger partial charge in [0.1, 0.15) is 11.9 Å². The Morgan fingerprint density at radius 2 is 1.56 bits per heavy atom. The van der Waals surface area contributed by atoms with Crippen LogP contribution in [-0.4, -0.2) is 34.4 Å². The Kier molecular flexibility index (Phi) is 6.56. The second-order valence-corrected chi connectivity index (χ2v) is 7.86. The number of carbonyl (C=O) groups is 2. The third-order valence-corrected chi connectivity index (χ3v) is 5.74. The average molecular weight is 448 g/mol. The van der Waals surface area contributed by atoms with Crippen LogP contribution in [0.3, 0.4) is 0 Å². The number of nitrogens with one attached hydrogen (secondary N) is 1. The first kappa shape index (κ1) is 21.6. The molecular formula is C25H22FN3O2S. The number of hydrogen-bond acceptors (Lipinski definition) is 3. The molecule has 0 spiro atoms. The van der Waals surface area contributed by atoms with E-state index < -0.39 is 6.04 Å². The van der Waals surface area contributed by atoms with E-state index in [1.54, 1.807) is 0 Å². The highest BCUT2D eigenvalue weighted by Crippen LogP contribution is 2.27. The number of nitrogens with zero attached hydrogens (tertiary/aromatic N) is 2. The molecule has 3 aromatic rings. The molecule has 7 heteroatoms. The van der Waals surface area contributed by atoms with Crippen LogP contribution in [0.2, 0.25) is 0 Å². The second-order valence-electron chi connectivity index (χ2n) is 7.50. The number of thiocarbonyl (C=S) groups is 1. The molecule has 32 heavy (non-hydrogen) atoms. The zero-order valence-electron chi connectivity index (χ0n) is 17.3. The molecule has 0 saturated carbocycles. The Labute approximate surface area is 191 Å². The van der Waals surface area contributed by atoms with Gasteiger partial charge in [0.2, 0.25) is 5.91 Å². The summed E-state index contributed by atoms with van der Waals surface area (Å²) in [5.41, 5.74) is 2.27. The molecule has 2 amide bonds. The third-order valence-electron chi connectivity index (χ3n) is 5.32. The minimum absolute atomic E-state index is 0.0610. The number of amides is 2. The summed E-state index contributed by atoms with van der Waals surface area (Å²) < 4.78 is 13.1. The lowest BCUT2D eigenvalue weighted by atomic mass is 10.1. The normalized spacial score (nSPS) is 15.8. The SMILES string of the molecule is O=C(C[C@H]1C(=O)N(c2ccccc2)C(=S)N1CCc1ccccc1)Nc1ccc(F)cc1. The van der Waals surface area contributed by atoms with Crippen LogP contribution >= 0.6 is 12.2 Å². The second kappa shape index (κ2) is 9.70. The summed E-state index contributed by atoms with van der Waals surface area (Å²) in [6, 6.07) is 23.9. The van der Waals surface area contributed by atoms with Crippen LogP contribution < -0.4 is 10.2 Å². The molecule has 0 aliphatic carbocycles. The van der Waals surface area contributed by atoms with Crippen LogP contribution in [0.25, 0.3) is 0 Å². The molecule has 1 N–H and O–H groups in total. The largest absolute Gasteiger partial charge is 0.336 e. The smallest absolute Gasteiger partial charge is 0.256 e. The van der Waals surface area contributed by atoms with Gasteiger partial charge in [0.05, 0.1) is 12.1 Å². The van der Waals surface area contributed by atoms with Crippen molar-refractivity contribution in [2.24, 2.45) is 0 Å². The number of para-hydroxylation sites is 1. The monoisotopic (exact) mass is 447 g/mol. The maximum atomic E-state index is 13.3. The van der Waals surface area contributed by atoms with Gasteiger partial charge in [-0.2, -0.15) is 0 Å². The Morgan fingerprint density at radius 1 is 0.938 bits per heavy atom. The standard InChI is InChI=1S/C25H22FN3O2S/c26-19-11-13-20(14-12-19)27-23(30)17-22-24(31)29(21-9-5-2-6-10-21)25(32)28(22)16-15-18-7-3-1-4-8-18/h1-14,22H,15-17H2,(H,27,30)/t22-/m0/s1. The molecule has 1 heterocycles. The average Bonchev–Trinajstić information content (AvgIpc) is 3.04. The lowest BCUT2D eigenvalue weighted by molar-refractivity contribution is -0.124. The van der Waals surface area contributed by atoms with Gasteiger partial charge in [-0.25, -0.2) is 4.39 Å². The van der Waals surface area contributed by atoms with E-state index in [0.29, 0.717) is 29.5 Å².